The number of carboxylic acid groups (broad SMARTS) is 1. The monoisotopic (exact) mass is 320 g/mol. The van der Waals surface area contributed by atoms with Crippen molar-refractivity contribution < 1.29 is 27.9 Å². The van der Waals surface area contributed by atoms with Crippen LogP contribution in [0.2, 0.25) is 0 Å². The molecule has 0 aromatic carbocycles. The van der Waals surface area contributed by atoms with Gasteiger partial charge in [0, 0.05) is 6.54 Å². The fraction of sp³-hybridized carbons (Fsp3) is 0.833. The van der Waals surface area contributed by atoms with E-state index in [0.29, 0.717) is 25.9 Å². The molecule has 9 heteroatoms. The van der Waals surface area contributed by atoms with E-state index < -0.39 is 33.3 Å². The zero-order valence-electron chi connectivity index (χ0n) is 11.9. The topological polar surface area (TPSA) is 113 Å². The number of carbonyl (C=O) groups excluding carboxylic acids is 1. The quantitative estimate of drug-likeness (QED) is 0.702. The Balaban J connectivity index is 1.73. The molecular weight excluding hydrogens is 300 g/mol. The first kappa shape index (κ1) is 16.0. The molecule has 1 unspecified atom stereocenters. The van der Waals surface area contributed by atoms with Gasteiger partial charge in [-0.15, -0.1) is 0 Å². The number of sulfone groups is 1. The number of nitrogens with one attached hydrogen (secondary N) is 1. The minimum atomic E-state index is -3.06. The van der Waals surface area contributed by atoms with Gasteiger partial charge in [0.25, 0.3) is 0 Å². The average molecular weight is 320 g/mol. The Morgan fingerprint density at radius 3 is 2.62 bits per heavy atom. The molecule has 2 aliphatic heterocycles. The average Bonchev–Trinajstić information content (AvgIpc) is 2.69. The van der Waals surface area contributed by atoms with E-state index >= 15 is 0 Å². The molecule has 21 heavy (non-hydrogen) atoms. The summed E-state index contributed by atoms with van der Waals surface area (Å²) >= 11 is 0. The lowest BCUT2D eigenvalue weighted by atomic mass is 9.97. The largest absolute Gasteiger partial charge is 0.480 e. The van der Waals surface area contributed by atoms with Gasteiger partial charge in [0.1, 0.15) is 12.2 Å². The van der Waals surface area contributed by atoms with Gasteiger partial charge >= 0.3 is 12.0 Å². The van der Waals surface area contributed by atoms with Crippen LogP contribution in [-0.2, 0) is 19.4 Å². The predicted molar refractivity (Wildman–Crippen MR) is 73.8 cm³/mol. The van der Waals surface area contributed by atoms with Crippen molar-refractivity contribution in [2.24, 2.45) is 0 Å². The van der Waals surface area contributed by atoms with Gasteiger partial charge in [-0.3, -0.25) is 0 Å². The number of hydrogen-bond acceptors (Lipinski definition) is 5. The number of ether oxygens (including phenoxy) is 1. The standard InChI is InChI=1S/C12H20N2O6S/c1-12(20-6-10(15)16)7-14(8-12)11(17)13-5-9-3-2-4-21(9,18)19/h9H,2-8H2,1H3,(H,13,17)(H,15,16). The maximum Gasteiger partial charge on any atom is 0.329 e. The molecule has 2 amide bonds. The summed E-state index contributed by atoms with van der Waals surface area (Å²) < 4.78 is 28.5. The Kier molecular flexibility index (Phi) is 4.43. The molecule has 120 valence electrons. The van der Waals surface area contributed by atoms with Gasteiger partial charge in [-0.2, -0.15) is 0 Å². The highest BCUT2D eigenvalue weighted by atomic mass is 32.2. The van der Waals surface area contributed by atoms with Crippen LogP contribution in [0.3, 0.4) is 0 Å². The third kappa shape index (κ3) is 3.85. The fourth-order valence-corrected chi connectivity index (χ4v) is 4.40. The number of hydrogen-bond donors (Lipinski definition) is 2. The van der Waals surface area contributed by atoms with Gasteiger partial charge in [-0.25, -0.2) is 18.0 Å². The SMILES string of the molecule is CC1(OCC(=O)O)CN(C(=O)NCC2CCCS2(=O)=O)C1. The Morgan fingerprint density at radius 1 is 1.43 bits per heavy atom. The van der Waals surface area contributed by atoms with E-state index in [1.54, 1.807) is 6.92 Å². The van der Waals surface area contributed by atoms with Crippen LogP contribution >= 0.6 is 0 Å². The van der Waals surface area contributed by atoms with E-state index in [1.165, 1.54) is 4.90 Å². The van der Waals surface area contributed by atoms with Crippen LogP contribution in [0.4, 0.5) is 4.79 Å². The van der Waals surface area contributed by atoms with E-state index in [1.807, 2.05) is 0 Å². The van der Waals surface area contributed by atoms with Crippen LogP contribution in [0.5, 0.6) is 0 Å². The summed E-state index contributed by atoms with van der Waals surface area (Å²) in [4.78, 5) is 23.8. The lowest BCUT2D eigenvalue weighted by Gasteiger charge is -2.47. The molecule has 0 radical (unpaired) electrons. The number of aliphatic carboxylic acids is 1. The summed E-state index contributed by atoms with van der Waals surface area (Å²) in [6.07, 6.45) is 1.23. The first-order chi connectivity index (χ1) is 9.72. The van der Waals surface area contributed by atoms with Gasteiger partial charge in [0.2, 0.25) is 0 Å². The summed E-state index contributed by atoms with van der Waals surface area (Å²) in [5.74, 6) is -0.858. The van der Waals surface area contributed by atoms with E-state index in [-0.39, 0.29) is 18.3 Å². The molecule has 0 bridgehead atoms. The molecule has 1 atom stereocenters. The number of carbonyl (C=O) groups is 2. The number of urea groups is 1. The second-order valence-corrected chi connectivity index (χ2v) is 8.21. The highest BCUT2D eigenvalue weighted by Gasteiger charge is 2.43. The number of amides is 2. The van der Waals surface area contributed by atoms with Crippen LogP contribution in [0.15, 0.2) is 0 Å². The second kappa shape index (κ2) is 5.80. The molecule has 2 N–H and O–H groups in total. The van der Waals surface area contributed by atoms with E-state index in [4.69, 9.17) is 9.84 Å². The normalized spacial score (nSPS) is 26.1. The Morgan fingerprint density at radius 2 is 2.10 bits per heavy atom. The predicted octanol–water partition coefficient (Wildman–Crippen LogP) is -0.551. The Bertz CT molecular complexity index is 526. The van der Waals surface area contributed by atoms with Gasteiger partial charge in [-0.1, -0.05) is 0 Å². The van der Waals surface area contributed by atoms with E-state index in [2.05, 4.69) is 5.32 Å². The van der Waals surface area contributed by atoms with E-state index in [0.717, 1.165) is 0 Å². The molecule has 2 rings (SSSR count). The van der Waals surface area contributed by atoms with Gasteiger partial charge in [0.05, 0.1) is 24.1 Å². The van der Waals surface area contributed by atoms with Crippen molar-refractivity contribution in [3.05, 3.63) is 0 Å². The smallest absolute Gasteiger partial charge is 0.329 e. The summed E-state index contributed by atoms with van der Waals surface area (Å²) in [5.41, 5.74) is -0.644. The van der Waals surface area contributed by atoms with Crippen LogP contribution in [0.1, 0.15) is 19.8 Å². The van der Waals surface area contributed by atoms with Crippen LogP contribution in [0.25, 0.3) is 0 Å². The first-order valence-corrected chi connectivity index (χ1v) is 8.53. The lowest BCUT2D eigenvalue weighted by Crippen LogP contribution is -2.65. The molecule has 0 saturated carbocycles. The summed E-state index contributed by atoms with van der Waals surface area (Å²) in [6.45, 7) is 2.06. The minimum absolute atomic E-state index is 0.129. The Labute approximate surface area is 123 Å². The first-order valence-electron chi connectivity index (χ1n) is 6.82. The van der Waals surface area contributed by atoms with Crippen molar-refractivity contribution >= 4 is 21.8 Å². The summed E-state index contributed by atoms with van der Waals surface area (Å²) in [6, 6.07) is -0.339. The maximum atomic E-state index is 11.9. The van der Waals surface area contributed by atoms with Gasteiger partial charge in [0.15, 0.2) is 9.84 Å². The molecule has 0 spiro atoms. The van der Waals surface area contributed by atoms with Crippen molar-refractivity contribution in [1.29, 1.82) is 0 Å². The zero-order chi connectivity index (χ0) is 15.7. The number of nitrogens with zero attached hydrogens (tertiary/aromatic N) is 1. The third-order valence-corrected chi connectivity index (χ3v) is 6.10. The zero-order valence-corrected chi connectivity index (χ0v) is 12.7. The molecule has 0 aliphatic carbocycles. The molecule has 2 saturated heterocycles. The molecule has 0 aromatic rings. The van der Waals surface area contributed by atoms with Crippen molar-refractivity contribution in [3.63, 3.8) is 0 Å². The molecule has 8 nitrogen and oxygen atoms in total. The van der Waals surface area contributed by atoms with Crippen molar-refractivity contribution in [2.75, 3.05) is 32.0 Å². The minimum Gasteiger partial charge on any atom is -0.480 e. The molecule has 2 fully saturated rings. The summed E-state index contributed by atoms with van der Waals surface area (Å²) in [7, 11) is -3.06. The summed E-state index contributed by atoms with van der Waals surface area (Å²) in [5, 5.41) is 10.7. The molecular formula is C12H20N2O6S. The van der Waals surface area contributed by atoms with Crippen molar-refractivity contribution in [2.45, 2.75) is 30.6 Å². The van der Waals surface area contributed by atoms with Crippen molar-refractivity contribution in [3.8, 4) is 0 Å². The highest BCUT2D eigenvalue weighted by molar-refractivity contribution is 7.92. The highest BCUT2D eigenvalue weighted by Crippen LogP contribution is 2.25. The molecule has 2 heterocycles. The van der Waals surface area contributed by atoms with Crippen molar-refractivity contribution in [1.82, 2.24) is 10.2 Å². The fourth-order valence-electron chi connectivity index (χ4n) is 2.63. The number of rotatable bonds is 5. The number of carboxylic acids is 1. The van der Waals surface area contributed by atoms with Crippen LogP contribution in [0, 0.1) is 0 Å². The second-order valence-electron chi connectivity index (χ2n) is 5.81. The molecule has 2 aliphatic rings. The van der Waals surface area contributed by atoms with Gasteiger partial charge < -0.3 is 20.1 Å². The lowest BCUT2D eigenvalue weighted by molar-refractivity contribution is -0.159. The number of likely N-dealkylation sites (tertiary alicyclic amines) is 1. The molecule has 0 aromatic heterocycles. The van der Waals surface area contributed by atoms with E-state index in [9.17, 15) is 18.0 Å². The third-order valence-electron chi connectivity index (χ3n) is 3.83. The van der Waals surface area contributed by atoms with Crippen LogP contribution in [-0.4, -0.2) is 73.3 Å². The maximum absolute atomic E-state index is 11.9. The van der Waals surface area contributed by atoms with Gasteiger partial charge in [-0.05, 0) is 19.8 Å². The Hall–Kier alpha value is -1.35. The van der Waals surface area contributed by atoms with Crippen LogP contribution < -0.4 is 5.32 Å².